The van der Waals surface area contributed by atoms with Crippen LogP contribution in [0.5, 0.6) is 0 Å². The predicted octanol–water partition coefficient (Wildman–Crippen LogP) is 5.01. The Kier molecular flexibility index (Phi) is 14.5. The van der Waals surface area contributed by atoms with Crippen LogP contribution in [-0.4, -0.2) is 9.78 Å². The van der Waals surface area contributed by atoms with Gasteiger partial charge in [0.25, 0.3) is 0 Å². The van der Waals surface area contributed by atoms with Crippen LogP contribution in [0.1, 0.15) is 61.3 Å². The maximum absolute atomic E-state index is 4.23. The summed E-state index contributed by atoms with van der Waals surface area (Å²) in [5.41, 5.74) is 0. The topological polar surface area (TPSA) is 17.8 Å². The summed E-state index contributed by atoms with van der Waals surface area (Å²) in [5, 5.41) is 4.23. The lowest BCUT2D eigenvalue weighted by Gasteiger charge is -2.16. The maximum Gasteiger partial charge on any atom is 0.0489 e. The van der Waals surface area contributed by atoms with E-state index in [0.29, 0.717) is 0 Å². The molecule has 102 valence electrons. The zero-order valence-corrected chi connectivity index (χ0v) is 12.9. The molecule has 0 aliphatic carbocycles. The monoisotopic (exact) mass is 240 g/mol. The Bertz CT molecular complexity index is 215. The van der Waals surface area contributed by atoms with Crippen LogP contribution >= 0.6 is 0 Å². The fourth-order valence-electron chi connectivity index (χ4n) is 1.71. The Balaban J connectivity index is 0. The van der Waals surface area contributed by atoms with Gasteiger partial charge in [-0.15, -0.1) is 0 Å². The van der Waals surface area contributed by atoms with Gasteiger partial charge in [0.05, 0.1) is 0 Å². The van der Waals surface area contributed by atoms with Crippen LogP contribution in [0.15, 0.2) is 18.5 Å². The highest BCUT2D eigenvalue weighted by molar-refractivity contribution is 4.78. The highest BCUT2D eigenvalue weighted by Gasteiger charge is 2.09. The second-order valence-electron chi connectivity index (χ2n) is 4.13. The first-order valence-electron chi connectivity index (χ1n) is 7.19. The smallest absolute Gasteiger partial charge is 0.0489 e. The number of hydrogen-bond acceptors (Lipinski definition) is 1. The molecule has 2 heteroatoms. The van der Waals surface area contributed by atoms with E-state index in [4.69, 9.17) is 0 Å². The summed E-state index contributed by atoms with van der Waals surface area (Å²) in [6.45, 7) is 15.9. The molecular weight excluding hydrogens is 208 g/mol. The maximum atomic E-state index is 4.23. The highest BCUT2D eigenvalue weighted by atomic mass is 15.3. The van der Waals surface area contributed by atoms with Crippen LogP contribution < -0.4 is 0 Å². The molecule has 1 heterocycles. The van der Waals surface area contributed by atoms with Gasteiger partial charge in [0.2, 0.25) is 0 Å². The average Bonchev–Trinajstić information content (AvgIpc) is 2.85. The minimum absolute atomic E-state index is 0.778. The van der Waals surface area contributed by atoms with Gasteiger partial charge in [-0.1, -0.05) is 54.9 Å². The van der Waals surface area contributed by atoms with Crippen molar-refractivity contribution in [1.29, 1.82) is 0 Å². The molecule has 0 radical (unpaired) electrons. The molecule has 0 fully saturated rings. The van der Waals surface area contributed by atoms with Gasteiger partial charge < -0.3 is 0 Å². The van der Waals surface area contributed by atoms with E-state index in [1.807, 2.05) is 50.8 Å². The van der Waals surface area contributed by atoms with Crippen LogP contribution in [0, 0.1) is 11.8 Å². The third-order valence-electron chi connectivity index (χ3n) is 2.39. The third kappa shape index (κ3) is 10.1. The Labute approximate surface area is 108 Å². The van der Waals surface area contributed by atoms with Crippen molar-refractivity contribution in [3.05, 3.63) is 18.5 Å². The lowest BCUT2D eigenvalue weighted by molar-refractivity contribution is 0.339. The van der Waals surface area contributed by atoms with Crippen molar-refractivity contribution in [3.63, 3.8) is 0 Å². The van der Waals surface area contributed by atoms with Crippen LogP contribution in [0.4, 0.5) is 0 Å². The third-order valence-corrected chi connectivity index (χ3v) is 2.39. The fraction of sp³-hybridized carbons (Fsp3) is 0.800. The van der Waals surface area contributed by atoms with E-state index in [1.54, 1.807) is 0 Å². The Morgan fingerprint density at radius 1 is 1.12 bits per heavy atom. The molecule has 0 amide bonds. The van der Waals surface area contributed by atoms with Gasteiger partial charge in [0.1, 0.15) is 0 Å². The summed E-state index contributed by atoms with van der Waals surface area (Å²) >= 11 is 0. The second kappa shape index (κ2) is 13.3. The molecule has 1 aromatic rings. The Hall–Kier alpha value is -0.790. The number of aromatic nitrogens is 2. The van der Waals surface area contributed by atoms with Crippen molar-refractivity contribution in [2.75, 3.05) is 0 Å². The van der Waals surface area contributed by atoms with E-state index in [-0.39, 0.29) is 0 Å². The lowest BCUT2D eigenvalue weighted by Crippen LogP contribution is -2.12. The molecule has 0 aromatic carbocycles. The number of hydrogen-bond donors (Lipinski definition) is 0. The van der Waals surface area contributed by atoms with Crippen molar-refractivity contribution in [2.45, 2.75) is 67.9 Å². The quantitative estimate of drug-likeness (QED) is 0.707. The zero-order chi connectivity index (χ0) is 13.7. The molecule has 0 aliphatic heterocycles. The first-order valence-corrected chi connectivity index (χ1v) is 7.19. The largest absolute Gasteiger partial charge is 0.272 e. The molecule has 0 aliphatic rings. The van der Waals surface area contributed by atoms with E-state index >= 15 is 0 Å². The SMILES string of the molecule is CC.CC.CCC(CC(C)C)Cn1cccn1. The van der Waals surface area contributed by atoms with Crippen LogP contribution in [-0.2, 0) is 6.54 Å². The van der Waals surface area contributed by atoms with Crippen molar-refractivity contribution >= 4 is 0 Å². The van der Waals surface area contributed by atoms with Crippen molar-refractivity contribution < 1.29 is 0 Å². The molecule has 0 saturated heterocycles. The zero-order valence-electron chi connectivity index (χ0n) is 12.9. The normalized spacial score (nSPS) is 11.1. The summed E-state index contributed by atoms with van der Waals surface area (Å²) in [6.07, 6.45) is 6.44. The summed E-state index contributed by atoms with van der Waals surface area (Å²) in [6, 6.07) is 1.99. The van der Waals surface area contributed by atoms with Crippen LogP contribution in [0.3, 0.4) is 0 Å². The van der Waals surface area contributed by atoms with E-state index in [0.717, 1.165) is 18.4 Å². The fourth-order valence-corrected chi connectivity index (χ4v) is 1.71. The van der Waals surface area contributed by atoms with E-state index in [1.165, 1.54) is 12.8 Å². The van der Waals surface area contributed by atoms with Gasteiger partial charge in [-0.05, 0) is 24.3 Å². The molecule has 1 aromatic heterocycles. The van der Waals surface area contributed by atoms with Gasteiger partial charge in [0, 0.05) is 18.9 Å². The predicted molar refractivity (Wildman–Crippen MR) is 78.2 cm³/mol. The summed E-state index contributed by atoms with van der Waals surface area (Å²) < 4.78 is 2.04. The summed E-state index contributed by atoms with van der Waals surface area (Å²) in [5.74, 6) is 1.57. The molecule has 0 spiro atoms. The lowest BCUT2D eigenvalue weighted by atomic mass is 9.95. The standard InChI is InChI=1S/C11H20N2.2C2H6/c1-4-11(8-10(2)3)9-13-7-5-6-12-13;2*1-2/h5-7,10-11H,4,8-9H2,1-3H3;2*1-2H3. The molecule has 0 bridgehead atoms. The summed E-state index contributed by atoms with van der Waals surface area (Å²) in [4.78, 5) is 0. The molecule has 1 rings (SSSR count). The van der Waals surface area contributed by atoms with Crippen molar-refractivity contribution in [3.8, 4) is 0 Å². The molecule has 0 saturated carbocycles. The minimum atomic E-state index is 0.778. The van der Waals surface area contributed by atoms with Gasteiger partial charge in [-0.2, -0.15) is 5.10 Å². The Morgan fingerprint density at radius 2 is 1.71 bits per heavy atom. The summed E-state index contributed by atoms with van der Waals surface area (Å²) in [7, 11) is 0. The van der Waals surface area contributed by atoms with E-state index < -0.39 is 0 Å². The molecule has 2 nitrogen and oxygen atoms in total. The molecule has 1 atom stereocenters. The minimum Gasteiger partial charge on any atom is -0.272 e. The Morgan fingerprint density at radius 3 is 2.06 bits per heavy atom. The van der Waals surface area contributed by atoms with E-state index in [9.17, 15) is 0 Å². The van der Waals surface area contributed by atoms with Gasteiger partial charge in [-0.3, -0.25) is 4.68 Å². The van der Waals surface area contributed by atoms with Gasteiger partial charge in [0.15, 0.2) is 0 Å². The molecule has 0 N–H and O–H groups in total. The first-order chi connectivity index (χ1) is 8.22. The first kappa shape index (κ1) is 18.6. The highest BCUT2D eigenvalue weighted by Crippen LogP contribution is 2.16. The number of rotatable bonds is 5. The van der Waals surface area contributed by atoms with E-state index in [2.05, 4.69) is 25.9 Å². The molecule has 17 heavy (non-hydrogen) atoms. The van der Waals surface area contributed by atoms with Crippen molar-refractivity contribution in [2.24, 2.45) is 11.8 Å². The van der Waals surface area contributed by atoms with Gasteiger partial charge >= 0.3 is 0 Å². The van der Waals surface area contributed by atoms with Crippen LogP contribution in [0.2, 0.25) is 0 Å². The van der Waals surface area contributed by atoms with Crippen LogP contribution in [0.25, 0.3) is 0 Å². The number of nitrogens with zero attached hydrogens (tertiary/aromatic N) is 2. The molecular formula is C15H32N2. The van der Waals surface area contributed by atoms with Crippen molar-refractivity contribution in [1.82, 2.24) is 9.78 Å². The molecule has 1 unspecified atom stereocenters. The average molecular weight is 240 g/mol. The second-order valence-corrected chi connectivity index (χ2v) is 4.13. The van der Waals surface area contributed by atoms with Gasteiger partial charge in [-0.25, -0.2) is 0 Å².